The molecule has 0 saturated heterocycles. The van der Waals surface area contributed by atoms with Crippen molar-refractivity contribution in [3.63, 3.8) is 0 Å². The van der Waals surface area contributed by atoms with E-state index < -0.39 is 0 Å². The first-order valence-electron chi connectivity index (χ1n) is 6.18. The molecule has 20 heavy (non-hydrogen) atoms. The molecule has 2 aromatic carbocycles. The van der Waals surface area contributed by atoms with Crippen LogP contribution in [0.4, 0.5) is 10.1 Å². The van der Waals surface area contributed by atoms with Crippen LogP contribution in [0.2, 0.25) is 0 Å². The van der Waals surface area contributed by atoms with Crippen molar-refractivity contribution in [2.75, 3.05) is 18.5 Å². The molecule has 3 nitrogen and oxygen atoms in total. The van der Waals surface area contributed by atoms with Crippen LogP contribution in [0, 0.1) is 5.82 Å². The molecular weight excluding hydrogens is 275 g/mol. The number of thiocarbonyl (C=S) groups is 1. The lowest BCUT2D eigenvalue weighted by Crippen LogP contribution is -2.13. The van der Waals surface area contributed by atoms with E-state index in [1.165, 1.54) is 6.07 Å². The molecule has 0 spiro atoms. The zero-order valence-electron chi connectivity index (χ0n) is 10.8. The van der Waals surface area contributed by atoms with Crippen LogP contribution < -0.4 is 15.8 Å². The van der Waals surface area contributed by atoms with Gasteiger partial charge in [-0.05, 0) is 30.3 Å². The summed E-state index contributed by atoms with van der Waals surface area (Å²) in [4.78, 5) is 0.183. The highest BCUT2D eigenvalue weighted by atomic mass is 32.1. The molecule has 0 unspecified atom stereocenters. The number of halogens is 1. The number of ether oxygens (including phenoxy) is 1. The minimum atomic E-state index is -0.380. The summed E-state index contributed by atoms with van der Waals surface area (Å²) in [5.74, 6) is 0.411. The summed E-state index contributed by atoms with van der Waals surface area (Å²) in [7, 11) is 0. The Kier molecular flexibility index (Phi) is 4.90. The quantitative estimate of drug-likeness (QED) is 0.634. The Hall–Kier alpha value is -2.14. The fourth-order valence-corrected chi connectivity index (χ4v) is 1.81. The van der Waals surface area contributed by atoms with Gasteiger partial charge in [-0.15, -0.1) is 0 Å². The summed E-state index contributed by atoms with van der Waals surface area (Å²) >= 11 is 4.80. The minimum absolute atomic E-state index is 0.183. The van der Waals surface area contributed by atoms with Crippen molar-refractivity contribution in [1.29, 1.82) is 0 Å². The van der Waals surface area contributed by atoms with Crippen LogP contribution in [0.15, 0.2) is 48.5 Å². The van der Waals surface area contributed by atoms with E-state index in [9.17, 15) is 4.39 Å². The number of nitrogens with two attached hydrogens (primary N) is 1. The molecule has 0 aromatic heterocycles. The second kappa shape index (κ2) is 6.86. The molecule has 104 valence electrons. The lowest BCUT2D eigenvalue weighted by atomic mass is 10.2. The maximum absolute atomic E-state index is 13.7. The fraction of sp³-hybridized carbons (Fsp3) is 0.133. The van der Waals surface area contributed by atoms with Gasteiger partial charge in [-0.2, -0.15) is 0 Å². The van der Waals surface area contributed by atoms with Crippen molar-refractivity contribution in [2.24, 2.45) is 5.73 Å². The summed E-state index contributed by atoms with van der Waals surface area (Å²) in [5.41, 5.74) is 6.36. The molecule has 0 fully saturated rings. The van der Waals surface area contributed by atoms with Crippen molar-refractivity contribution in [3.8, 4) is 5.75 Å². The van der Waals surface area contributed by atoms with Gasteiger partial charge in [0.05, 0.1) is 5.69 Å². The number of hydrogen-bond donors (Lipinski definition) is 2. The number of nitrogens with one attached hydrogen (secondary N) is 1. The Morgan fingerprint density at radius 3 is 2.60 bits per heavy atom. The van der Waals surface area contributed by atoms with E-state index in [1.807, 2.05) is 30.3 Å². The van der Waals surface area contributed by atoms with Gasteiger partial charge in [0, 0.05) is 12.1 Å². The predicted molar refractivity (Wildman–Crippen MR) is 82.7 cm³/mol. The van der Waals surface area contributed by atoms with Crippen LogP contribution in [0.1, 0.15) is 5.56 Å². The molecule has 2 rings (SSSR count). The van der Waals surface area contributed by atoms with Gasteiger partial charge in [0.2, 0.25) is 0 Å². The third kappa shape index (κ3) is 3.93. The first-order chi connectivity index (χ1) is 9.66. The largest absolute Gasteiger partial charge is 0.492 e. The van der Waals surface area contributed by atoms with E-state index >= 15 is 0 Å². The third-order valence-corrected chi connectivity index (χ3v) is 2.92. The highest BCUT2D eigenvalue weighted by molar-refractivity contribution is 7.80. The van der Waals surface area contributed by atoms with E-state index in [2.05, 4.69) is 5.32 Å². The van der Waals surface area contributed by atoms with Crippen molar-refractivity contribution < 1.29 is 9.13 Å². The number of hydrogen-bond acceptors (Lipinski definition) is 3. The molecule has 0 atom stereocenters. The Balaban J connectivity index is 1.84. The molecule has 0 aliphatic rings. The summed E-state index contributed by atoms with van der Waals surface area (Å²) in [5, 5.41) is 2.97. The van der Waals surface area contributed by atoms with E-state index in [4.69, 9.17) is 22.7 Å². The maximum Gasteiger partial charge on any atom is 0.146 e. The lowest BCUT2D eigenvalue weighted by molar-refractivity contribution is 0.332. The van der Waals surface area contributed by atoms with Gasteiger partial charge in [0.1, 0.15) is 23.2 Å². The fourth-order valence-electron chi connectivity index (χ4n) is 1.68. The Labute approximate surface area is 122 Å². The van der Waals surface area contributed by atoms with Crippen LogP contribution in [-0.4, -0.2) is 18.1 Å². The van der Waals surface area contributed by atoms with Gasteiger partial charge in [-0.25, -0.2) is 4.39 Å². The molecule has 0 aliphatic heterocycles. The van der Waals surface area contributed by atoms with Crippen LogP contribution in [-0.2, 0) is 0 Å². The zero-order chi connectivity index (χ0) is 14.4. The lowest BCUT2D eigenvalue weighted by Gasteiger charge is -2.10. The number of rotatable bonds is 6. The van der Waals surface area contributed by atoms with Crippen molar-refractivity contribution in [3.05, 3.63) is 59.9 Å². The summed E-state index contributed by atoms with van der Waals surface area (Å²) in [6.07, 6.45) is 0. The normalized spacial score (nSPS) is 10.1. The Morgan fingerprint density at radius 1 is 1.20 bits per heavy atom. The molecular formula is C15H15FN2OS. The van der Waals surface area contributed by atoms with E-state index in [0.29, 0.717) is 24.4 Å². The summed E-state index contributed by atoms with van der Waals surface area (Å²) in [6.45, 7) is 0.943. The predicted octanol–water partition coefficient (Wildman–Crippen LogP) is 2.95. The van der Waals surface area contributed by atoms with Gasteiger partial charge < -0.3 is 15.8 Å². The Morgan fingerprint density at radius 2 is 1.95 bits per heavy atom. The zero-order valence-corrected chi connectivity index (χ0v) is 11.6. The molecule has 0 radical (unpaired) electrons. The van der Waals surface area contributed by atoms with E-state index in [1.54, 1.807) is 12.1 Å². The summed E-state index contributed by atoms with van der Waals surface area (Å²) in [6, 6.07) is 14.1. The highest BCUT2D eigenvalue weighted by Gasteiger charge is 2.04. The average molecular weight is 290 g/mol. The second-order valence-corrected chi connectivity index (χ2v) is 4.59. The topological polar surface area (TPSA) is 47.3 Å². The van der Waals surface area contributed by atoms with Gasteiger partial charge in [-0.1, -0.05) is 30.4 Å². The molecule has 2 aromatic rings. The SMILES string of the molecule is NC(=S)c1ccc(NCCOc2ccccc2)c(F)c1. The number of para-hydroxylation sites is 1. The first kappa shape index (κ1) is 14.3. The van der Waals surface area contributed by atoms with Crippen LogP contribution in [0.5, 0.6) is 5.75 Å². The second-order valence-electron chi connectivity index (χ2n) is 4.15. The third-order valence-electron chi connectivity index (χ3n) is 2.68. The monoisotopic (exact) mass is 290 g/mol. The molecule has 0 amide bonds. The molecule has 0 saturated carbocycles. The average Bonchev–Trinajstić information content (AvgIpc) is 2.46. The molecule has 5 heteroatoms. The van der Waals surface area contributed by atoms with Crippen LogP contribution in [0.3, 0.4) is 0 Å². The highest BCUT2D eigenvalue weighted by Crippen LogP contribution is 2.15. The van der Waals surface area contributed by atoms with E-state index in [-0.39, 0.29) is 10.8 Å². The van der Waals surface area contributed by atoms with Crippen molar-refractivity contribution in [1.82, 2.24) is 0 Å². The molecule has 0 bridgehead atoms. The van der Waals surface area contributed by atoms with Crippen molar-refractivity contribution in [2.45, 2.75) is 0 Å². The van der Waals surface area contributed by atoms with Gasteiger partial charge in [-0.3, -0.25) is 0 Å². The number of anilines is 1. The Bertz CT molecular complexity index is 590. The maximum atomic E-state index is 13.7. The van der Waals surface area contributed by atoms with Gasteiger partial charge in [0.25, 0.3) is 0 Å². The van der Waals surface area contributed by atoms with Gasteiger partial charge >= 0.3 is 0 Å². The van der Waals surface area contributed by atoms with E-state index in [0.717, 1.165) is 5.75 Å². The van der Waals surface area contributed by atoms with Crippen LogP contribution >= 0.6 is 12.2 Å². The number of benzene rings is 2. The molecule has 0 aliphatic carbocycles. The molecule has 0 heterocycles. The van der Waals surface area contributed by atoms with Gasteiger partial charge in [0.15, 0.2) is 0 Å². The molecule has 3 N–H and O–H groups in total. The van der Waals surface area contributed by atoms with Crippen LogP contribution in [0.25, 0.3) is 0 Å². The summed E-state index contributed by atoms with van der Waals surface area (Å²) < 4.78 is 19.2. The van der Waals surface area contributed by atoms with Crippen molar-refractivity contribution >= 4 is 22.9 Å². The smallest absolute Gasteiger partial charge is 0.146 e. The standard InChI is InChI=1S/C15H15FN2OS/c16-13-10-11(15(17)20)6-7-14(13)18-8-9-19-12-4-2-1-3-5-12/h1-7,10,18H,8-9H2,(H2,17,20). The first-order valence-corrected chi connectivity index (χ1v) is 6.59. The minimum Gasteiger partial charge on any atom is -0.492 e.